The van der Waals surface area contributed by atoms with Gasteiger partial charge in [-0.15, -0.1) is 0 Å². The Morgan fingerprint density at radius 1 is 1.02 bits per heavy atom. The number of amides is 1. The summed E-state index contributed by atoms with van der Waals surface area (Å²) in [6.07, 6.45) is -3.84. The minimum Gasteiger partial charge on any atom is -0.375 e. The maximum Gasteiger partial charge on any atom is 0.417 e. The lowest BCUT2D eigenvalue weighted by molar-refractivity contribution is -0.137. The monoisotopic (exact) mass is 608 g/mol. The van der Waals surface area contributed by atoms with E-state index in [9.17, 15) is 30.8 Å². The van der Waals surface area contributed by atoms with Gasteiger partial charge in [0.05, 0.1) is 30.0 Å². The molecule has 12 heteroatoms. The number of nitrogens with zero attached hydrogens (tertiary/aromatic N) is 1. The second-order valence-electron chi connectivity index (χ2n) is 9.24. The lowest BCUT2D eigenvalue weighted by Gasteiger charge is -2.17. The first-order valence-electron chi connectivity index (χ1n) is 12.3. The topological polar surface area (TPSA) is 77.4 Å². The first kappa shape index (κ1) is 30.3. The van der Waals surface area contributed by atoms with Crippen LogP contribution in [0.1, 0.15) is 27.0 Å². The number of hydrogen-bond donors (Lipinski definition) is 1. The Morgan fingerprint density at radius 3 is 2.32 bits per heavy atom. The van der Waals surface area contributed by atoms with Gasteiger partial charge in [-0.05, 0) is 42.3 Å². The summed E-state index contributed by atoms with van der Waals surface area (Å²) < 4.78 is 86.9. The van der Waals surface area contributed by atoms with E-state index in [2.05, 4.69) is 5.32 Å². The highest BCUT2D eigenvalue weighted by molar-refractivity contribution is 7.90. The molecular formula is C29H25ClF4N2O4S. The molecule has 0 atom stereocenters. The molecule has 0 unspecified atom stereocenters. The van der Waals surface area contributed by atoms with Gasteiger partial charge in [0.2, 0.25) is 0 Å². The third-order valence-electron chi connectivity index (χ3n) is 6.32. The Kier molecular flexibility index (Phi) is 8.91. The van der Waals surface area contributed by atoms with Crippen molar-refractivity contribution in [2.24, 2.45) is 0 Å². The van der Waals surface area contributed by atoms with Gasteiger partial charge in [0.25, 0.3) is 5.91 Å². The van der Waals surface area contributed by atoms with Gasteiger partial charge in [-0.1, -0.05) is 60.1 Å². The molecule has 0 saturated heterocycles. The quantitative estimate of drug-likeness (QED) is 0.162. The van der Waals surface area contributed by atoms with Crippen molar-refractivity contribution >= 4 is 33.0 Å². The van der Waals surface area contributed by atoms with Gasteiger partial charge in [-0.2, -0.15) is 13.2 Å². The van der Waals surface area contributed by atoms with Gasteiger partial charge in [-0.25, -0.2) is 12.8 Å². The van der Waals surface area contributed by atoms with Gasteiger partial charge >= 0.3 is 6.18 Å². The Morgan fingerprint density at radius 2 is 1.68 bits per heavy atom. The highest BCUT2D eigenvalue weighted by atomic mass is 35.5. The van der Waals surface area contributed by atoms with E-state index in [4.69, 9.17) is 16.3 Å². The molecule has 41 heavy (non-hydrogen) atoms. The molecule has 1 heterocycles. The third kappa shape index (κ3) is 6.80. The van der Waals surface area contributed by atoms with Crippen molar-refractivity contribution in [1.82, 2.24) is 4.57 Å². The van der Waals surface area contributed by atoms with Crippen LogP contribution in [0.3, 0.4) is 0 Å². The summed E-state index contributed by atoms with van der Waals surface area (Å²) >= 11 is 6.64. The van der Waals surface area contributed by atoms with E-state index in [-0.39, 0.29) is 53.0 Å². The average Bonchev–Trinajstić information content (AvgIpc) is 3.14. The molecule has 216 valence electrons. The molecule has 1 amide bonds. The molecule has 0 aliphatic heterocycles. The van der Waals surface area contributed by atoms with Gasteiger partial charge in [0.15, 0.2) is 9.84 Å². The molecule has 3 aromatic carbocycles. The number of rotatable bonds is 9. The molecular weight excluding hydrogens is 584 g/mol. The largest absolute Gasteiger partial charge is 0.417 e. The minimum atomic E-state index is -4.68. The normalized spacial score (nSPS) is 12.0. The Hall–Kier alpha value is -3.67. The van der Waals surface area contributed by atoms with Crippen LogP contribution in [-0.4, -0.2) is 31.8 Å². The van der Waals surface area contributed by atoms with Crippen molar-refractivity contribution in [3.63, 3.8) is 0 Å². The second-order valence-corrected chi connectivity index (χ2v) is 11.6. The molecule has 0 bridgehead atoms. The van der Waals surface area contributed by atoms with Crippen LogP contribution in [0, 0.1) is 12.7 Å². The van der Waals surface area contributed by atoms with Crippen LogP contribution < -0.4 is 5.32 Å². The van der Waals surface area contributed by atoms with Crippen molar-refractivity contribution in [3.8, 4) is 11.3 Å². The molecule has 4 aromatic rings. The van der Waals surface area contributed by atoms with Crippen LogP contribution in [0.2, 0.25) is 5.15 Å². The van der Waals surface area contributed by atoms with Gasteiger partial charge < -0.3 is 14.6 Å². The molecule has 4 rings (SSSR count). The summed E-state index contributed by atoms with van der Waals surface area (Å²) in [5.41, 5.74) is -0.116. The van der Waals surface area contributed by atoms with Crippen LogP contribution in [0.4, 0.5) is 23.2 Å². The molecule has 0 saturated carbocycles. The Bertz CT molecular complexity index is 1690. The molecule has 0 radical (unpaired) electrons. The Balaban J connectivity index is 1.72. The van der Waals surface area contributed by atoms with E-state index in [1.54, 1.807) is 0 Å². The average molecular weight is 609 g/mol. The molecule has 0 fully saturated rings. The SMILES string of the molecule is Cc1c(C(=O)Nc2ccc(S(C)(=O)=O)c(F)c2)c(Cl)n(CCOCc2ccccc2)c1-c1ccccc1C(F)(F)F. The fourth-order valence-electron chi connectivity index (χ4n) is 4.46. The number of carbonyl (C=O) groups is 1. The molecule has 0 aliphatic carbocycles. The molecule has 0 aliphatic rings. The summed E-state index contributed by atoms with van der Waals surface area (Å²) in [7, 11) is -3.84. The summed E-state index contributed by atoms with van der Waals surface area (Å²) in [5, 5.41) is 2.32. The highest BCUT2D eigenvalue weighted by Crippen LogP contribution is 2.41. The summed E-state index contributed by atoms with van der Waals surface area (Å²) in [6.45, 7) is 1.83. The van der Waals surface area contributed by atoms with Gasteiger partial charge in [0.1, 0.15) is 15.9 Å². The van der Waals surface area contributed by atoms with Crippen molar-refractivity contribution in [2.45, 2.75) is 31.1 Å². The maximum absolute atomic E-state index is 14.4. The van der Waals surface area contributed by atoms with Crippen LogP contribution >= 0.6 is 11.6 Å². The van der Waals surface area contributed by atoms with Crippen LogP contribution in [0.15, 0.2) is 77.7 Å². The van der Waals surface area contributed by atoms with Gasteiger partial charge in [-0.3, -0.25) is 4.79 Å². The summed E-state index contributed by atoms with van der Waals surface area (Å²) in [6, 6.07) is 17.3. The maximum atomic E-state index is 14.4. The number of halogens is 5. The van der Waals surface area contributed by atoms with E-state index >= 15 is 0 Å². The van der Waals surface area contributed by atoms with E-state index in [0.717, 1.165) is 30.0 Å². The number of sulfone groups is 1. The predicted molar refractivity (Wildman–Crippen MR) is 148 cm³/mol. The smallest absolute Gasteiger partial charge is 0.375 e. The molecule has 6 nitrogen and oxygen atoms in total. The van der Waals surface area contributed by atoms with Crippen molar-refractivity contribution in [1.29, 1.82) is 0 Å². The summed E-state index contributed by atoms with van der Waals surface area (Å²) in [5.74, 6) is -1.88. The van der Waals surface area contributed by atoms with Crippen LogP contribution in [0.25, 0.3) is 11.3 Å². The zero-order valence-electron chi connectivity index (χ0n) is 21.9. The zero-order chi connectivity index (χ0) is 29.9. The fourth-order valence-corrected chi connectivity index (χ4v) is 5.58. The van der Waals surface area contributed by atoms with Crippen molar-refractivity contribution in [3.05, 3.63) is 106 Å². The number of ether oxygens (including phenoxy) is 1. The van der Waals surface area contributed by atoms with Crippen LogP contribution in [0.5, 0.6) is 0 Å². The van der Waals surface area contributed by atoms with Crippen molar-refractivity contribution < 1.29 is 35.5 Å². The number of anilines is 1. The first-order valence-corrected chi connectivity index (χ1v) is 14.5. The van der Waals surface area contributed by atoms with Gasteiger partial charge in [0, 0.05) is 24.1 Å². The molecule has 1 N–H and O–H groups in total. The zero-order valence-corrected chi connectivity index (χ0v) is 23.5. The van der Waals surface area contributed by atoms with E-state index in [1.165, 1.54) is 35.8 Å². The molecule has 0 spiro atoms. The lowest BCUT2D eigenvalue weighted by Crippen LogP contribution is -2.14. The molecule has 1 aromatic heterocycles. The number of aromatic nitrogens is 1. The standard InChI is InChI=1S/C29H25ClF4N2O4S/c1-18-25(28(37)35-20-12-13-24(23(31)16-20)41(2,38)39)27(30)36(14-15-40-17-19-8-4-3-5-9-19)26(18)21-10-6-7-11-22(21)29(32,33)34/h3-13,16H,14-15,17H2,1-2H3,(H,35,37). The second kappa shape index (κ2) is 12.1. The Labute approximate surface area is 239 Å². The fraction of sp³-hybridized carbons (Fsp3) is 0.207. The van der Waals surface area contributed by atoms with E-state index < -0.39 is 38.2 Å². The number of nitrogens with one attached hydrogen (secondary N) is 1. The highest BCUT2D eigenvalue weighted by Gasteiger charge is 2.36. The number of benzene rings is 3. The number of hydrogen-bond acceptors (Lipinski definition) is 4. The van der Waals surface area contributed by atoms with E-state index in [0.29, 0.717) is 0 Å². The third-order valence-corrected chi connectivity index (χ3v) is 7.84. The van der Waals surface area contributed by atoms with Crippen LogP contribution in [-0.2, 0) is 33.9 Å². The van der Waals surface area contributed by atoms with Crippen molar-refractivity contribution in [2.75, 3.05) is 18.2 Å². The minimum absolute atomic E-state index is 0.0268. The first-order chi connectivity index (χ1) is 19.3. The lowest BCUT2D eigenvalue weighted by atomic mass is 10.00. The summed E-state index contributed by atoms with van der Waals surface area (Å²) in [4.78, 5) is 12.8. The number of carbonyl (C=O) groups excluding carboxylic acids is 1. The number of alkyl halides is 3. The predicted octanol–water partition coefficient (Wildman–Crippen LogP) is 7.15. The van der Waals surface area contributed by atoms with E-state index in [1.807, 2.05) is 30.3 Å².